The van der Waals surface area contributed by atoms with Crippen molar-refractivity contribution >= 4 is 17.1 Å². The maximum absolute atomic E-state index is 11.8. The Kier molecular flexibility index (Phi) is 3.37. The number of carbonyl (C=O) groups excluding carboxylic acids is 1. The molecule has 0 spiro atoms. The highest BCUT2D eigenvalue weighted by Gasteiger charge is 2.18. The van der Waals surface area contributed by atoms with Crippen LogP contribution in [-0.4, -0.2) is 27.1 Å². The third-order valence-corrected chi connectivity index (χ3v) is 2.41. The van der Waals surface area contributed by atoms with Gasteiger partial charge in [0.1, 0.15) is 5.52 Å². The zero-order valence-electron chi connectivity index (χ0n) is 10.0. The van der Waals surface area contributed by atoms with Gasteiger partial charge in [0.15, 0.2) is 5.65 Å². The molecule has 0 bridgehead atoms. The summed E-state index contributed by atoms with van der Waals surface area (Å²) in [4.78, 5) is 20.3. The molecule has 0 amide bonds. The minimum atomic E-state index is -0.390. The second-order valence-corrected chi connectivity index (χ2v) is 3.65. The SMILES string of the molecule is CCCn1c(C(=O)OCC)nc2cccnc21. The molecule has 2 heterocycles. The Morgan fingerprint density at radius 2 is 2.29 bits per heavy atom. The Hall–Kier alpha value is -1.91. The van der Waals surface area contributed by atoms with Crippen molar-refractivity contribution in [2.75, 3.05) is 6.61 Å². The van der Waals surface area contributed by atoms with Crippen molar-refractivity contribution in [3.8, 4) is 0 Å². The fourth-order valence-corrected chi connectivity index (χ4v) is 1.75. The van der Waals surface area contributed by atoms with Crippen LogP contribution < -0.4 is 0 Å². The summed E-state index contributed by atoms with van der Waals surface area (Å²) in [5, 5.41) is 0. The summed E-state index contributed by atoms with van der Waals surface area (Å²) < 4.78 is 6.81. The molecule has 0 aliphatic carbocycles. The summed E-state index contributed by atoms with van der Waals surface area (Å²) in [6.07, 6.45) is 2.61. The molecular weight excluding hydrogens is 218 g/mol. The molecule has 0 unspecified atom stereocenters. The van der Waals surface area contributed by atoms with Crippen molar-refractivity contribution in [2.24, 2.45) is 0 Å². The Morgan fingerprint density at radius 1 is 1.47 bits per heavy atom. The van der Waals surface area contributed by atoms with Crippen molar-refractivity contribution in [2.45, 2.75) is 26.8 Å². The van der Waals surface area contributed by atoms with Crippen LogP contribution in [0.5, 0.6) is 0 Å². The minimum Gasteiger partial charge on any atom is -0.460 e. The van der Waals surface area contributed by atoms with Gasteiger partial charge in [-0.2, -0.15) is 0 Å². The summed E-state index contributed by atoms with van der Waals surface area (Å²) in [5.74, 6) is -0.0543. The molecule has 2 rings (SSSR count). The number of esters is 1. The first-order valence-corrected chi connectivity index (χ1v) is 5.76. The normalized spacial score (nSPS) is 10.7. The topological polar surface area (TPSA) is 57.0 Å². The van der Waals surface area contributed by atoms with Crippen LogP contribution in [0, 0.1) is 0 Å². The van der Waals surface area contributed by atoms with Crippen LogP contribution in [0.15, 0.2) is 18.3 Å². The summed E-state index contributed by atoms with van der Waals surface area (Å²) in [6.45, 7) is 4.88. The average molecular weight is 233 g/mol. The zero-order chi connectivity index (χ0) is 12.3. The first-order chi connectivity index (χ1) is 8.27. The molecule has 5 nitrogen and oxygen atoms in total. The average Bonchev–Trinajstić information content (AvgIpc) is 2.70. The van der Waals surface area contributed by atoms with Crippen LogP contribution in [0.3, 0.4) is 0 Å². The van der Waals surface area contributed by atoms with E-state index in [9.17, 15) is 4.79 Å². The zero-order valence-corrected chi connectivity index (χ0v) is 10.0. The van der Waals surface area contributed by atoms with E-state index in [1.807, 2.05) is 17.6 Å². The Labute approximate surface area is 99.4 Å². The molecule has 2 aromatic rings. The molecule has 0 radical (unpaired) electrons. The van der Waals surface area contributed by atoms with Gasteiger partial charge in [0.25, 0.3) is 0 Å². The van der Waals surface area contributed by atoms with Crippen LogP contribution in [0.25, 0.3) is 11.2 Å². The first-order valence-electron chi connectivity index (χ1n) is 5.76. The van der Waals surface area contributed by atoms with Gasteiger partial charge in [-0.1, -0.05) is 6.92 Å². The van der Waals surface area contributed by atoms with Gasteiger partial charge in [-0.25, -0.2) is 14.8 Å². The number of aromatic nitrogens is 3. The number of ether oxygens (including phenoxy) is 1. The van der Waals surface area contributed by atoms with Crippen molar-refractivity contribution in [3.05, 3.63) is 24.2 Å². The molecule has 0 N–H and O–H groups in total. The summed E-state index contributed by atoms with van der Waals surface area (Å²) in [5.41, 5.74) is 1.46. The first kappa shape index (κ1) is 11.6. The van der Waals surface area contributed by atoms with Crippen molar-refractivity contribution in [1.29, 1.82) is 0 Å². The quantitative estimate of drug-likeness (QED) is 0.758. The number of carbonyl (C=O) groups is 1. The summed E-state index contributed by atoms with van der Waals surface area (Å²) in [6, 6.07) is 3.65. The number of rotatable bonds is 4. The van der Waals surface area contributed by atoms with E-state index in [1.54, 1.807) is 19.2 Å². The number of hydrogen-bond acceptors (Lipinski definition) is 4. The molecule has 0 aliphatic rings. The highest BCUT2D eigenvalue weighted by Crippen LogP contribution is 2.14. The Morgan fingerprint density at radius 3 is 3.00 bits per heavy atom. The van der Waals surface area contributed by atoms with Crippen molar-refractivity contribution in [3.63, 3.8) is 0 Å². The Bertz CT molecular complexity index is 534. The molecule has 0 saturated heterocycles. The van der Waals surface area contributed by atoms with Crippen LogP contribution >= 0.6 is 0 Å². The predicted molar refractivity (Wildman–Crippen MR) is 63.8 cm³/mol. The van der Waals surface area contributed by atoms with Gasteiger partial charge >= 0.3 is 5.97 Å². The second-order valence-electron chi connectivity index (χ2n) is 3.65. The van der Waals surface area contributed by atoms with E-state index in [0.717, 1.165) is 17.6 Å². The van der Waals surface area contributed by atoms with Gasteiger partial charge in [-0.3, -0.25) is 0 Å². The maximum atomic E-state index is 11.8. The lowest BCUT2D eigenvalue weighted by molar-refractivity contribution is 0.0507. The van der Waals surface area contributed by atoms with Crippen LogP contribution in [0.4, 0.5) is 0 Å². The van der Waals surface area contributed by atoms with E-state index in [2.05, 4.69) is 9.97 Å². The van der Waals surface area contributed by atoms with Gasteiger partial charge in [0, 0.05) is 12.7 Å². The number of aryl methyl sites for hydroxylation is 1. The lowest BCUT2D eigenvalue weighted by Gasteiger charge is -2.05. The molecule has 0 aromatic carbocycles. The molecule has 90 valence electrons. The van der Waals surface area contributed by atoms with Gasteiger partial charge in [0.2, 0.25) is 5.82 Å². The van der Waals surface area contributed by atoms with E-state index < -0.39 is 0 Å². The molecule has 0 aliphatic heterocycles. The smallest absolute Gasteiger partial charge is 0.374 e. The summed E-state index contributed by atoms with van der Waals surface area (Å²) >= 11 is 0. The molecule has 0 fully saturated rings. The molecular formula is C12H15N3O2. The molecule has 5 heteroatoms. The molecule has 2 aromatic heterocycles. The van der Waals surface area contributed by atoms with Gasteiger partial charge in [-0.15, -0.1) is 0 Å². The van der Waals surface area contributed by atoms with Crippen LogP contribution in [0.2, 0.25) is 0 Å². The molecule has 17 heavy (non-hydrogen) atoms. The maximum Gasteiger partial charge on any atom is 0.374 e. The minimum absolute atomic E-state index is 0.336. The van der Waals surface area contributed by atoms with Crippen LogP contribution in [-0.2, 0) is 11.3 Å². The van der Waals surface area contributed by atoms with Gasteiger partial charge in [0.05, 0.1) is 6.61 Å². The fraction of sp³-hybridized carbons (Fsp3) is 0.417. The number of hydrogen-bond donors (Lipinski definition) is 0. The van der Waals surface area contributed by atoms with E-state index in [1.165, 1.54) is 0 Å². The van der Waals surface area contributed by atoms with Crippen molar-refractivity contribution < 1.29 is 9.53 Å². The standard InChI is InChI=1S/C12H15N3O2/c1-3-8-15-10-9(6-5-7-13-10)14-11(15)12(16)17-4-2/h5-7H,3-4,8H2,1-2H3. The fourth-order valence-electron chi connectivity index (χ4n) is 1.75. The number of imidazole rings is 1. The van der Waals surface area contributed by atoms with E-state index >= 15 is 0 Å². The van der Waals surface area contributed by atoms with Gasteiger partial charge in [-0.05, 0) is 25.5 Å². The monoisotopic (exact) mass is 233 g/mol. The number of nitrogens with zero attached hydrogens (tertiary/aromatic N) is 3. The second kappa shape index (κ2) is 4.95. The summed E-state index contributed by atoms with van der Waals surface area (Å²) in [7, 11) is 0. The van der Waals surface area contributed by atoms with E-state index in [0.29, 0.717) is 19.0 Å². The highest BCUT2D eigenvalue weighted by atomic mass is 16.5. The van der Waals surface area contributed by atoms with E-state index in [-0.39, 0.29) is 5.97 Å². The lowest BCUT2D eigenvalue weighted by atomic mass is 10.4. The van der Waals surface area contributed by atoms with Crippen molar-refractivity contribution in [1.82, 2.24) is 14.5 Å². The predicted octanol–water partition coefficient (Wildman–Crippen LogP) is 2.02. The number of fused-ring (bicyclic) bond motifs is 1. The third-order valence-electron chi connectivity index (χ3n) is 2.41. The molecule has 0 atom stereocenters. The molecule has 0 saturated carbocycles. The third kappa shape index (κ3) is 2.13. The van der Waals surface area contributed by atoms with Crippen LogP contribution in [0.1, 0.15) is 30.9 Å². The lowest BCUT2D eigenvalue weighted by Crippen LogP contribution is -2.13. The number of pyridine rings is 1. The highest BCUT2D eigenvalue weighted by molar-refractivity contribution is 5.90. The largest absolute Gasteiger partial charge is 0.460 e. The van der Waals surface area contributed by atoms with E-state index in [4.69, 9.17) is 4.74 Å². The Balaban J connectivity index is 2.53. The van der Waals surface area contributed by atoms with Gasteiger partial charge < -0.3 is 9.30 Å².